The Morgan fingerprint density at radius 2 is 1.40 bits per heavy atom. The second kappa shape index (κ2) is 15.8. The van der Waals surface area contributed by atoms with Gasteiger partial charge in [0, 0.05) is 60.9 Å². The van der Waals surface area contributed by atoms with Gasteiger partial charge in [0.1, 0.15) is 11.3 Å². The average Bonchev–Trinajstić information content (AvgIpc) is 3.51. The van der Waals surface area contributed by atoms with Crippen molar-refractivity contribution in [3.8, 4) is 22.6 Å². The summed E-state index contributed by atoms with van der Waals surface area (Å²) in [5.74, 6) is 1.39. The van der Waals surface area contributed by atoms with Gasteiger partial charge in [-0.05, 0) is 37.8 Å². The van der Waals surface area contributed by atoms with Crippen LogP contribution in [-0.2, 0) is 24.9 Å². The number of aliphatic hydroxyl groups excluding tert-OH is 1. The van der Waals surface area contributed by atoms with Crippen LogP contribution in [0.15, 0.2) is 113 Å². The zero-order valence-corrected chi connectivity index (χ0v) is 28.7. The number of furan rings is 1. The molecular formula is C40H40IrNO3-. The molecule has 0 spiro atoms. The molecule has 2 aromatic heterocycles. The van der Waals surface area contributed by atoms with Crippen molar-refractivity contribution >= 4 is 38.3 Å². The Balaban J connectivity index is 0.000000249. The number of carbonyl (C=O) groups excluding carboxylic acids is 1. The molecule has 0 aliphatic heterocycles. The molecule has 1 N–H and O–H groups in total. The zero-order chi connectivity index (χ0) is 31.1. The third kappa shape index (κ3) is 7.44. The number of fused-ring (bicyclic) bond motifs is 4. The van der Waals surface area contributed by atoms with Crippen LogP contribution in [0.2, 0.25) is 0 Å². The molecule has 233 valence electrons. The first-order valence-corrected chi connectivity index (χ1v) is 15.7. The van der Waals surface area contributed by atoms with E-state index in [9.17, 15) is 9.90 Å². The first kappa shape index (κ1) is 33.8. The van der Waals surface area contributed by atoms with Crippen molar-refractivity contribution in [1.29, 1.82) is 0 Å². The third-order valence-electron chi connectivity index (χ3n) is 8.48. The van der Waals surface area contributed by atoms with Crippen molar-refractivity contribution < 1.29 is 34.4 Å². The summed E-state index contributed by atoms with van der Waals surface area (Å²) in [6.07, 6.45) is 6.75. The summed E-state index contributed by atoms with van der Waals surface area (Å²) in [5.41, 5.74) is 3.65. The fraction of sp³-hybridized carbons (Fsp3) is 0.250. The maximum atomic E-state index is 11.7. The van der Waals surface area contributed by atoms with Crippen LogP contribution in [0.25, 0.3) is 55.1 Å². The Morgan fingerprint density at radius 3 is 2.07 bits per heavy atom. The Hall–Kier alpha value is -4.05. The molecule has 2 heterocycles. The van der Waals surface area contributed by atoms with E-state index >= 15 is 0 Å². The summed E-state index contributed by atoms with van der Waals surface area (Å²) in [7, 11) is 0. The third-order valence-corrected chi connectivity index (χ3v) is 8.48. The quantitative estimate of drug-likeness (QED) is 0.0688. The Bertz CT molecular complexity index is 1900. The number of aliphatic hydroxyl groups is 1. The van der Waals surface area contributed by atoms with Crippen LogP contribution in [0.5, 0.6) is 0 Å². The van der Waals surface area contributed by atoms with Gasteiger partial charge in [-0.2, -0.15) is 0 Å². The maximum Gasteiger partial charge on any atom is 0.162 e. The predicted molar refractivity (Wildman–Crippen MR) is 183 cm³/mol. The molecule has 45 heavy (non-hydrogen) atoms. The molecule has 6 aromatic rings. The molecule has 0 amide bonds. The minimum atomic E-state index is 0. The van der Waals surface area contributed by atoms with E-state index in [1.165, 1.54) is 16.8 Å². The number of ketones is 1. The van der Waals surface area contributed by atoms with Gasteiger partial charge in [-0.15, -0.1) is 17.5 Å². The van der Waals surface area contributed by atoms with Gasteiger partial charge in [-0.1, -0.05) is 122 Å². The number of aromatic nitrogens is 1. The van der Waals surface area contributed by atoms with Gasteiger partial charge in [0.15, 0.2) is 5.78 Å². The number of carbonyl (C=O) groups is 1. The summed E-state index contributed by atoms with van der Waals surface area (Å²) in [4.78, 5) is 16.4. The fourth-order valence-electron chi connectivity index (χ4n) is 5.82. The summed E-state index contributed by atoms with van der Waals surface area (Å²) in [5, 5.41) is 15.4. The second-order valence-electron chi connectivity index (χ2n) is 11.1. The molecular weight excluding hydrogens is 735 g/mol. The number of rotatable bonds is 9. The number of hydrogen-bond acceptors (Lipinski definition) is 4. The smallest absolute Gasteiger partial charge is 0.162 e. The van der Waals surface area contributed by atoms with Crippen LogP contribution in [0.4, 0.5) is 0 Å². The summed E-state index contributed by atoms with van der Waals surface area (Å²) in [6, 6.07) is 34.6. The molecule has 0 unspecified atom stereocenters. The molecule has 0 aliphatic carbocycles. The molecule has 4 nitrogen and oxygen atoms in total. The maximum absolute atomic E-state index is 11.7. The van der Waals surface area contributed by atoms with E-state index in [1.54, 1.807) is 0 Å². The van der Waals surface area contributed by atoms with E-state index in [-0.39, 0.29) is 43.5 Å². The molecule has 1 radical (unpaired) electrons. The standard InChI is InChI=1S/C27H16NO.C13H24O2.Ir/c1-2-8-18(9-3-1)25-17-20-14-15-28-26(27(20)29-25)24-16-19-10-4-5-11-21(19)22-12-6-7-13-23(22)24;1-5-10(6-2)12(14)9-13(15)11(7-3)8-4;/h1-15,17H;9-11,14H,5-8H2,1-4H3;/q-1;;/b;12-9-;. The van der Waals surface area contributed by atoms with Crippen molar-refractivity contribution in [3.63, 3.8) is 0 Å². The number of nitrogens with zero attached hydrogens (tertiary/aromatic N) is 1. The summed E-state index contributed by atoms with van der Waals surface area (Å²) in [6.45, 7) is 8.07. The SMILES string of the molecule is CCC(CC)C(=O)/C=C(\O)C(CC)CC.[Ir].[c-]1c(-c2nccc3cc(-c4ccccc4)oc23)c2ccccc2c2ccccc12. The van der Waals surface area contributed by atoms with Crippen LogP contribution in [0.3, 0.4) is 0 Å². The van der Waals surface area contributed by atoms with Crippen LogP contribution in [-0.4, -0.2) is 15.9 Å². The largest absolute Gasteiger partial charge is 0.512 e. The fourth-order valence-corrected chi connectivity index (χ4v) is 5.82. The van der Waals surface area contributed by atoms with Gasteiger partial charge in [0.2, 0.25) is 0 Å². The summed E-state index contributed by atoms with van der Waals surface area (Å²) < 4.78 is 6.32. The minimum absolute atomic E-state index is 0. The molecule has 0 atom stereocenters. The van der Waals surface area contributed by atoms with Crippen molar-refractivity contribution in [3.05, 3.63) is 115 Å². The van der Waals surface area contributed by atoms with Crippen molar-refractivity contribution in [2.45, 2.75) is 53.4 Å². The molecule has 5 heteroatoms. The molecule has 0 saturated carbocycles. The van der Waals surface area contributed by atoms with Gasteiger partial charge in [0.25, 0.3) is 0 Å². The average molecular weight is 775 g/mol. The predicted octanol–water partition coefficient (Wildman–Crippen LogP) is 11.1. The molecule has 6 rings (SSSR count). The van der Waals surface area contributed by atoms with Crippen molar-refractivity contribution in [2.24, 2.45) is 11.8 Å². The number of benzene rings is 4. The van der Waals surface area contributed by atoms with Crippen LogP contribution in [0, 0.1) is 17.9 Å². The topological polar surface area (TPSA) is 63.3 Å². The second-order valence-corrected chi connectivity index (χ2v) is 11.1. The molecule has 0 aliphatic rings. The van der Waals surface area contributed by atoms with Crippen LogP contribution in [0.1, 0.15) is 53.4 Å². The van der Waals surface area contributed by atoms with Crippen molar-refractivity contribution in [1.82, 2.24) is 4.98 Å². The van der Waals surface area contributed by atoms with E-state index in [4.69, 9.17) is 9.40 Å². The van der Waals surface area contributed by atoms with Crippen LogP contribution < -0.4 is 0 Å². The van der Waals surface area contributed by atoms with Crippen LogP contribution >= 0.6 is 0 Å². The first-order chi connectivity index (χ1) is 21.5. The Kier molecular flexibility index (Phi) is 11.9. The van der Waals surface area contributed by atoms with E-state index in [0.717, 1.165) is 70.0 Å². The van der Waals surface area contributed by atoms with Gasteiger partial charge in [-0.25, -0.2) is 0 Å². The van der Waals surface area contributed by atoms with Gasteiger partial charge in [0.05, 0.1) is 5.76 Å². The molecule has 0 saturated heterocycles. The first-order valence-electron chi connectivity index (χ1n) is 15.7. The summed E-state index contributed by atoms with van der Waals surface area (Å²) >= 11 is 0. The Labute approximate surface area is 279 Å². The number of hydrogen-bond donors (Lipinski definition) is 1. The molecule has 0 fully saturated rings. The molecule has 0 bridgehead atoms. The monoisotopic (exact) mass is 775 g/mol. The van der Waals surface area contributed by atoms with E-state index in [2.05, 4.69) is 66.7 Å². The number of pyridine rings is 1. The van der Waals surface area contributed by atoms with Gasteiger partial charge >= 0.3 is 0 Å². The zero-order valence-electron chi connectivity index (χ0n) is 26.3. The molecule has 4 aromatic carbocycles. The van der Waals surface area contributed by atoms with Gasteiger partial charge in [-0.3, -0.25) is 9.78 Å². The van der Waals surface area contributed by atoms with Gasteiger partial charge < -0.3 is 9.52 Å². The van der Waals surface area contributed by atoms with E-state index in [1.807, 2.05) is 64.2 Å². The minimum Gasteiger partial charge on any atom is -0.512 e. The van der Waals surface area contributed by atoms with E-state index < -0.39 is 0 Å². The normalized spacial score (nSPS) is 11.6. The Morgan fingerprint density at radius 1 is 0.800 bits per heavy atom. The van der Waals surface area contributed by atoms with Crippen molar-refractivity contribution in [2.75, 3.05) is 0 Å². The number of allylic oxidation sites excluding steroid dienone is 2. The van der Waals surface area contributed by atoms with E-state index in [0.29, 0.717) is 0 Å².